The highest BCUT2D eigenvalue weighted by atomic mass is 79.9. The Kier molecular flexibility index (Phi) is 4.72. The van der Waals surface area contributed by atoms with Gasteiger partial charge in [-0.15, -0.1) is 0 Å². The van der Waals surface area contributed by atoms with Crippen LogP contribution in [0.25, 0.3) is 0 Å². The maximum absolute atomic E-state index is 13.1. The molecule has 0 fully saturated rings. The number of ketones is 1. The molecule has 0 radical (unpaired) electrons. The highest BCUT2D eigenvalue weighted by molar-refractivity contribution is 9.10. The molecule has 0 N–H and O–H groups in total. The van der Waals surface area contributed by atoms with E-state index in [9.17, 15) is 9.59 Å². The van der Waals surface area contributed by atoms with Gasteiger partial charge in [0.2, 0.25) is 5.91 Å². The van der Waals surface area contributed by atoms with Crippen LogP contribution in [0.15, 0.2) is 64.3 Å². The molecule has 2 aromatic rings. The van der Waals surface area contributed by atoms with Gasteiger partial charge in [0, 0.05) is 39.5 Å². The van der Waals surface area contributed by atoms with E-state index in [0.717, 1.165) is 39.8 Å². The third kappa shape index (κ3) is 3.01. The van der Waals surface area contributed by atoms with Crippen molar-refractivity contribution in [2.24, 2.45) is 0 Å². The highest BCUT2D eigenvalue weighted by Crippen LogP contribution is 2.44. The number of halogens is 2. The fourth-order valence-corrected chi connectivity index (χ4v) is 4.47. The summed E-state index contributed by atoms with van der Waals surface area (Å²) in [4.78, 5) is 27.6. The Morgan fingerprint density at radius 1 is 1.00 bits per heavy atom. The lowest BCUT2D eigenvalue weighted by Gasteiger charge is -2.38. The van der Waals surface area contributed by atoms with Crippen LogP contribution in [0.1, 0.15) is 37.2 Å². The van der Waals surface area contributed by atoms with Crippen LogP contribution in [-0.2, 0) is 9.59 Å². The van der Waals surface area contributed by atoms with Crippen molar-refractivity contribution in [3.8, 4) is 0 Å². The van der Waals surface area contributed by atoms with Crippen molar-refractivity contribution in [1.82, 2.24) is 0 Å². The molecule has 0 bridgehead atoms. The van der Waals surface area contributed by atoms with Crippen molar-refractivity contribution in [3.63, 3.8) is 0 Å². The van der Waals surface area contributed by atoms with Crippen LogP contribution in [0.4, 0.5) is 5.69 Å². The summed E-state index contributed by atoms with van der Waals surface area (Å²) < 4.78 is 0.850. The molecule has 1 heterocycles. The number of amides is 1. The summed E-state index contributed by atoms with van der Waals surface area (Å²) in [7, 11) is 0. The molecular weight excluding hydrogens is 414 g/mol. The van der Waals surface area contributed by atoms with E-state index >= 15 is 0 Å². The number of carbonyl (C=O) groups is 2. The molecule has 26 heavy (non-hydrogen) atoms. The monoisotopic (exact) mass is 429 g/mol. The first kappa shape index (κ1) is 17.5. The summed E-state index contributed by atoms with van der Waals surface area (Å²) >= 11 is 9.55. The lowest BCUT2D eigenvalue weighted by molar-refractivity contribution is -0.119. The van der Waals surface area contributed by atoms with Gasteiger partial charge < -0.3 is 0 Å². The van der Waals surface area contributed by atoms with Gasteiger partial charge in [-0.2, -0.15) is 0 Å². The molecule has 1 amide bonds. The number of allylic oxidation sites excluding steroid dienone is 2. The lowest BCUT2D eigenvalue weighted by Crippen LogP contribution is -2.40. The minimum Gasteiger partial charge on any atom is -0.294 e. The van der Waals surface area contributed by atoms with Crippen LogP contribution in [0.5, 0.6) is 0 Å². The first-order valence-corrected chi connectivity index (χ1v) is 9.82. The largest absolute Gasteiger partial charge is 0.294 e. The number of nitrogens with zero attached hydrogens (tertiary/aromatic N) is 1. The first-order chi connectivity index (χ1) is 12.6. The molecule has 2 aliphatic rings. The molecule has 1 atom stereocenters. The molecule has 0 saturated heterocycles. The summed E-state index contributed by atoms with van der Waals surface area (Å²) in [6.45, 7) is 0. The van der Waals surface area contributed by atoms with Crippen LogP contribution >= 0.6 is 27.5 Å². The predicted molar refractivity (Wildman–Crippen MR) is 106 cm³/mol. The van der Waals surface area contributed by atoms with E-state index < -0.39 is 0 Å². The minimum atomic E-state index is -0.193. The zero-order valence-corrected chi connectivity index (χ0v) is 16.4. The van der Waals surface area contributed by atoms with Crippen molar-refractivity contribution in [3.05, 3.63) is 74.9 Å². The standard InChI is InChI=1S/C21H17BrClNO2/c22-16-4-1-2-5-17(16)24-18-6-3-7-19(25)21(18)15(12-20(24)26)13-8-10-14(23)11-9-13/h1-2,4-5,8-11,15H,3,6-7,12H2. The summed E-state index contributed by atoms with van der Waals surface area (Å²) in [6, 6.07) is 15.1. The minimum absolute atomic E-state index is 0.0188. The topological polar surface area (TPSA) is 37.4 Å². The Hall–Kier alpha value is -1.91. The number of Topliss-reactive ketones (excluding diaryl/α,β-unsaturated/α-hetero) is 1. The number of hydrogen-bond donors (Lipinski definition) is 0. The molecule has 1 aliphatic heterocycles. The molecule has 0 aromatic heterocycles. The van der Waals surface area contributed by atoms with Crippen molar-refractivity contribution in [2.45, 2.75) is 31.6 Å². The summed E-state index contributed by atoms with van der Waals surface area (Å²) in [5.74, 6) is -0.0256. The van der Waals surface area contributed by atoms with Gasteiger partial charge in [-0.05, 0) is 58.6 Å². The van der Waals surface area contributed by atoms with Gasteiger partial charge in [0.25, 0.3) is 0 Å². The molecule has 5 heteroatoms. The summed E-state index contributed by atoms with van der Waals surface area (Å²) in [5.41, 5.74) is 3.41. The highest BCUT2D eigenvalue weighted by Gasteiger charge is 2.40. The third-order valence-corrected chi connectivity index (χ3v) is 5.96. The maximum Gasteiger partial charge on any atom is 0.232 e. The summed E-state index contributed by atoms with van der Waals surface area (Å²) in [5, 5.41) is 0.648. The Morgan fingerprint density at radius 2 is 1.73 bits per heavy atom. The fourth-order valence-electron chi connectivity index (χ4n) is 3.89. The van der Waals surface area contributed by atoms with E-state index in [1.54, 1.807) is 4.90 Å². The van der Waals surface area contributed by atoms with Crippen LogP contribution < -0.4 is 4.90 Å². The Labute approximate surface area is 165 Å². The van der Waals surface area contributed by atoms with Crippen molar-refractivity contribution in [2.75, 3.05) is 4.90 Å². The molecule has 0 saturated carbocycles. The quantitative estimate of drug-likeness (QED) is 0.619. The van der Waals surface area contributed by atoms with Gasteiger partial charge in [-0.1, -0.05) is 35.9 Å². The second-order valence-electron chi connectivity index (χ2n) is 6.63. The van der Waals surface area contributed by atoms with Crippen molar-refractivity contribution < 1.29 is 9.59 Å². The van der Waals surface area contributed by atoms with Gasteiger partial charge in [0.05, 0.1) is 5.69 Å². The van der Waals surface area contributed by atoms with E-state index in [0.29, 0.717) is 11.4 Å². The molecule has 1 aliphatic carbocycles. The van der Waals surface area contributed by atoms with Crippen LogP contribution in [0.3, 0.4) is 0 Å². The molecule has 3 nitrogen and oxygen atoms in total. The van der Waals surface area contributed by atoms with Gasteiger partial charge in [0.1, 0.15) is 0 Å². The number of benzene rings is 2. The normalized spacial score (nSPS) is 20.4. The van der Waals surface area contributed by atoms with E-state index in [-0.39, 0.29) is 24.0 Å². The molecule has 132 valence electrons. The van der Waals surface area contributed by atoms with E-state index in [2.05, 4.69) is 15.9 Å². The fraction of sp³-hybridized carbons (Fsp3) is 0.238. The second-order valence-corrected chi connectivity index (χ2v) is 7.92. The van der Waals surface area contributed by atoms with Crippen molar-refractivity contribution >= 4 is 44.9 Å². The molecule has 0 spiro atoms. The zero-order valence-electron chi connectivity index (χ0n) is 14.0. The Balaban J connectivity index is 1.87. The zero-order chi connectivity index (χ0) is 18.3. The Bertz CT molecular complexity index is 920. The molecular formula is C21H17BrClNO2. The Morgan fingerprint density at radius 3 is 2.46 bits per heavy atom. The van der Waals surface area contributed by atoms with Gasteiger partial charge in [-0.25, -0.2) is 0 Å². The smallest absolute Gasteiger partial charge is 0.232 e. The molecule has 1 unspecified atom stereocenters. The second kappa shape index (κ2) is 7.01. The number of anilines is 1. The first-order valence-electron chi connectivity index (χ1n) is 8.65. The van der Waals surface area contributed by atoms with Gasteiger partial charge >= 0.3 is 0 Å². The number of carbonyl (C=O) groups excluding carboxylic acids is 2. The van der Waals surface area contributed by atoms with E-state index in [4.69, 9.17) is 11.6 Å². The predicted octanol–water partition coefficient (Wildman–Crippen LogP) is 5.63. The van der Waals surface area contributed by atoms with E-state index in [1.165, 1.54) is 0 Å². The van der Waals surface area contributed by atoms with Crippen molar-refractivity contribution in [1.29, 1.82) is 0 Å². The van der Waals surface area contributed by atoms with Crippen LogP contribution in [0, 0.1) is 0 Å². The van der Waals surface area contributed by atoms with Crippen LogP contribution in [0.2, 0.25) is 5.02 Å². The number of hydrogen-bond acceptors (Lipinski definition) is 2. The molecule has 4 rings (SSSR count). The number of rotatable bonds is 2. The van der Waals surface area contributed by atoms with Gasteiger partial charge in [0.15, 0.2) is 5.78 Å². The third-order valence-electron chi connectivity index (χ3n) is 5.04. The average molecular weight is 431 g/mol. The van der Waals surface area contributed by atoms with Crippen LogP contribution in [-0.4, -0.2) is 11.7 Å². The molecule has 2 aromatic carbocycles. The SMILES string of the molecule is O=C1CCCC2=C1C(c1ccc(Cl)cc1)CC(=O)N2c1ccccc1Br. The lowest BCUT2D eigenvalue weighted by atomic mass is 9.77. The maximum atomic E-state index is 13.1. The summed E-state index contributed by atoms with van der Waals surface area (Å²) in [6.07, 6.45) is 2.34. The average Bonchev–Trinajstić information content (AvgIpc) is 2.63. The number of para-hydroxylation sites is 1. The van der Waals surface area contributed by atoms with Gasteiger partial charge in [-0.3, -0.25) is 14.5 Å². The van der Waals surface area contributed by atoms with E-state index in [1.807, 2.05) is 48.5 Å².